The maximum atomic E-state index is 12.5. The Morgan fingerprint density at radius 3 is 2.87 bits per heavy atom. The van der Waals surface area contributed by atoms with E-state index < -0.39 is 5.69 Å². The van der Waals surface area contributed by atoms with E-state index in [4.69, 9.17) is 9.84 Å². The van der Waals surface area contributed by atoms with Crippen molar-refractivity contribution in [3.8, 4) is 11.5 Å². The smallest absolute Gasteiger partial charge is 0.349 e. The third kappa shape index (κ3) is 4.61. The number of fused-ring (bicyclic) bond motifs is 2. The van der Waals surface area contributed by atoms with Crippen molar-refractivity contribution >= 4 is 17.4 Å². The van der Waals surface area contributed by atoms with Gasteiger partial charge in [-0.1, -0.05) is 0 Å². The molecule has 2 aromatic rings. The molecule has 1 aromatic carbocycles. The summed E-state index contributed by atoms with van der Waals surface area (Å²) < 4.78 is 7.10. The molecule has 4 N–H and O–H groups in total. The molecule has 1 amide bonds. The highest BCUT2D eigenvalue weighted by Gasteiger charge is 2.21. The third-order valence-corrected chi connectivity index (χ3v) is 5.16. The van der Waals surface area contributed by atoms with Crippen LogP contribution in [0.3, 0.4) is 0 Å². The fourth-order valence-electron chi connectivity index (χ4n) is 3.55. The summed E-state index contributed by atoms with van der Waals surface area (Å²) in [5, 5.41) is 18.4. The molecule has 2 aliphatic rings. The van der Waals surface area contributed by atoms with E-state index in [0.29, 0.717) is 29.3 Å². The molecule has 0 atom stereocenters. The minimum absolute atomic E-state index is 0.142. The fraction of sp³-hybridized carbons (Fsp3) is 0.450. The highest BCUT2D eigenvalue weighted by Crippen LogP contribution is 2.40. The normalized spacial score (nSPS) is 15.5. The van der Waals surface area contributed by atoms with Crippen molar-refractivity contribution in [2.24, 2.45) is 0 Å². The third-order valence-electron chi connectivity index (χ3n) is 5.16. The summed E-state index contributed by atoms with van der Waals surface area (Å²) in [5.41, 5.74) is 0.590. The molecule has 0 unspecified atom stereocenters. The first-order valence-corrected chi connectivity index (χ1v) is 10.2. The number of aliphatic hydroxyl groups excluding tert-OH is 1. The molecule has 0 spiro atoms. The fourth-order valence-corrected chi connectivity index (χ4v) is 3.55. The van der Waals surface area contributed by atoms with E-state index in [9.17, 15) is 9.59 Å². The van der Waals surface area contributed by atoms with E-state index in [1.54, 1.807) is 18.2 Å². The Bertz CT molecular complexity index is 970. The number of ether oxygens (including phenoxy) is 1. The van der Waals surface area contributed by atoms with E-state index in [-0.39, 0.29) is 24.9 Å². The Hall–Kier alpha value is -2.95. The van der Waals surface area contributed by atoms with Crippen LogP contribution in [0.15, 0.2) is 29.2 Å². The lowest BCUT2D eigenvalue weighted by Gasteiger charge is -2.27. The van der Waals surface area contributed by atoms with Gasteiger partial charge in [0.1, 0.15) is 0 Å². The van der Waals surface area contributed by atoms with Crippen molar-refractivity contribution in [1.82, 2.24) is 25.1 Å². The number of nitrogens with zero attached hydrogens (tertiary/aromatic N) is 3. The molecule has 0 aliphatic carbocycles. The highest BCUT2D eigenvalue weighted by molar-refractivity contribution is 5.96. The number of anilines is 2. The van der Waals surface area contributed by atoms with Gasteiger partial charge < -0.3 is 30.7 Å². The van der Waals surface area contributed by atoms with E-state index in [0.717, 1.165) is 39.1 Å². The first-order chi connectivity index (χ1) is 14.6. The zero-order valence-corrected chi connectivity index (χ0v) is 16.7. The van der Waals surface area contributed by atoms with Crippen molar-refractivity contribution in [3.05, 3.63) is 40.4 Å². The topological polar surface area (TPSA) is 121 Å². The summed E-state index contributed by atoms with van der Waals surface area (Å²) in [6.07, 6.45) is 2.41. The predicted molar refractivity (Wildman–Crippen MR) is 112 cm³/mol. The van der Waals surface area contributed by atoms with Crippen LogP contribution in [0, 0.1) is 0 Å². The van der Waals surface area contributed by atoms with E-state index in [2.05, 4.69) is 25.8 Å². The monoisotopic (exact) mass is 414 g/mol. The van der Waals surface area contributed by atoms with Crippen molar-refractivity contribution < 1.29 is 14.6 Å². The lowest BCUT2D eigenvalue weighted by molar-refractivity contribution is 0.0951. The number of aromatic nitrogens is 2. The van der Waals surface area contributed by atoms with Crippen molar-refractivity contribution in [2.75, 3.05) is 51.2 Å². The van der Waals surface area contributed by atoms with Crippen LogP contribution in [0.5, 0.6) is 11.5 Å². The largest absolute Gasteiger partial charge is 0.450 e. The number of carbonyl (C=O) groups is 1. The van der Waals surface area contributed by atoms with Crippen molar-refractivity contribution in [3.63, 3.8) is 0 Å². The molecule has 0 radical (unpaired) electrons. The van der Waals surface area contributed by atoms with Gasteiger partial charge in [0.05, 0.1) is 25.0 Å². The number of carbonyl (C=O) groups excluding carboxylic acids is 1. The van der Waals surface area contributed by atoms with Gasteiger partial charge in [-0.15, -0.1) is 0 Å². The number of piperazine rings is 1. The molecule has 1 saturated heterocycles. The minimum atomic E-state index is -0.485. The summed E-state index contributed by atoms with van der Waals surface area (Å²) in [4.78, 5) is 30.9. The molecule has 4 rings (SSSR count). The molecule has 10 nitrogen and oxygen atoms in total. The quantitative estimate of drug-likeness (QED) is 0.402. The maximum absolute atomic E-state index is 12.5. The van der Waals surface area contributed by atoms with Gasteiger partial charge in [0.25, 0.3) is 5.91 Å². The highest BCUT2D eigenvalue weighted by atomic mass is 16.5. The number of hydrogen-bond acceptors (Lipinski definition) is 8. The van der Waals surface area contributed by atoms with Gasteiger partial charge in [0.2, 0.25) is 0 Å². The standard InChI is InChI=1S/C20H26N6O4/c27-11-10-26-13-17-18(24-20(26)29)23-15-12-14(2-3-16(15)30-17)19(28)22-4-1-7-25-8-5-21-6-9-25/h2-3,12-13,21,27H,1,4-11H2,(H,22,28)(H,23,24,29). The Kier molecular flexibility index (Phi) is 6.26. The summed E-state index contributed by atoms with van der Waals surface area (Å²) in [5.74, 6) is 1.06. The molecular weight excluding hydrogens is 388 g/mol. The summed E-state index contributed by atoms with van der Waals surface area (Å²) >= 11 is 0. The molecule has 3 heterocycles. The second kappa shape index (κ2) is 9.24. The number of nitrogens with one attached hydrogen (secondary N) is 3. The number of hydrogen-bond donors (Lipinski definition) is 4. The van der Waals surface area contributed by atoms with Gasteiger partial charge in [-0.05, 0) is 31.2 Å². The molecule has 2 aliphatic heterocycles. The molecular formula is C20H26N6O4. The predicted octanol–water partition coefficient (Wildman–Crippen LogP) is 0.110. The van der Waals surface area contributed by atoms with Crippen LogP contribution < -0.4 is 26.4 Å². The second-order valence-electron chi connectivity index (χ2n) is 7.29. The summed E-state index contributed by atoms with van der Waals surface area (Å²) in [6, 6.07) is 5.10. The second-order valence-corrected chi connectivity index (χ2v) is 7.29. The van der Waals surface area contributed by atoms with Crippen molar-refractivity contribution in [2.45, 2.75) is 13.0 Å². The van der Waals surface area contributed by atoms with E-state index in [1.807, 2.05) is 0 Å². The van der Waals surface area contributed by atoms with Crippen LogP contribution in [0.4, 0.5) is 11.5 Å². The van der Waals surface area contributed by atoms with E-state index >= 15 is 0 Å². The van der Waals surface area contributed by atoms with Crippen LogP contribution >= 0.6 is 0 Å². The minimum Gasteiger partial charge on any atom is -0.450 e. The van der Waals surface area contributed by atoms with Crippen LogP contribution in [-0.2, 0) is 6.54 Å². The van der Waals surface area contributed by atoms with Gasteiger partial charge in [0, 0.05) is 38.3 Å². The van der Waals surface area contributed by atoms with E-state index in [1.165, 1.54) is 10.8 Å². The lowest BCUT2D eigenvalue weighted by atomic mass is 10.1. The first-order valence-electron chi connectivity index (χ1n) is 10.2. The number of rotatable bonds is 7. The molecule has 30 heavy (non-hydrogen) atoms. The van der Waals surface area contributed by atoms with Crippen LogP contribution in [0.25, 0.3) is 0 Å². The number of aliphatic hydroxyl groups is 1. The van der Waals surface area contributed by atoms with Gasteiger partial charge in [-0.2, -0.15) is 4.98 Å². The van der Waals surface area contributed by atoms with Crippen LogP contribution in [0.2, 0.25) is 0 Å². The Morgan fingerprint density at radius 2 is 2.07 bits per heavy atom. The number of benzene rings is 1. The molecule has 0 saturated carbocycles. The SMILES string of the molecule is O=C(NCCCN1CCNCC1)c1ccc2c(c1)Nc1nc(=O)n(CCO)cc1O2. The summed E-state index contributed by atoms with van der Waals surface area (Å²) in [7, 11) is 0. The first kappa shape index (κ1) is 20.3. The number of amides is 1. The average Bonchev–Trinajstić information content (AvgIpc) is 2.76. The molecule has 1 aromatic heterocycles. The van der Waals surface area contributed by atoms with Crippen LogP contribution in [0.1, 0.15) is 16.8 Å². The summed E-state index contributed by atoms with van der Waals surface area (Å²) in [6.45, 7) is 5.68. The van der Waals surface area contributed by atoms with Gasteiger partial charge >= 0.3 is 5.69 Å². The zero-order valence-electron chi connectivity index (χ0n) is 16.7. The Balaban J connectivity index is 1.36. The maximum Gasteiger partial charge on any atom is 0.349 e. The Morgan fingerprint density at radius 1 is 1.23 bits per heavy atom. The molecule has 10 heteroatoms. The Labute approximate surface area is 173 Å². The molecule has 1 fully saturated rings. The lowest BCUT2D eigenvalue weighted by Crippen LogP contribution is -2.44. The average molecular weight is 414 g/mol. The van der Waals surface area contributed by atoms with Gasteiger partial charge in [-0.3, -0.25) is 9.36 Å². The zero-order chi connectivity index (χ0) is 20.9. The van der Waals surface area contributed by atoms with Crippen LogP contribution in [-0.4, -0.2) is 71.3 Å². The molecule has 160 valence electrons. The molecule has 0 bridgehead atoms. The van der Waals surface area contributed by atoms with Gasteiger partial charge in [0.15, 0.2) is 17.3 Å². The van der Waals surface area contributed by atoms with Gasteiger partial charge in [-0.25, -0.2) is 4.79 Å². The van der Waals surface area contributed by atoms with Crippen molar-refractivity contribution in [1.29, 1.82) is 0 Å².